The average molecular weight is 811 g/mol. The Kier molecular flexibility index (Phi) is 11.5. The lowest BCUT2D eigenvalue weighted by molar-refractivity contribution is -0.134. The number of rotatable bonds is 10. The van der Waals surface area contributed by atoms with Crippen LogP contribution in [0.3, 0.4) is 0 Å². The Bertz CT molecular complexity index is 2580. The van der Waals surface area contributed by atoms with E-state index >= 15 is 0 Å². The molecular formula is C42H42N12O6. The van der Waals surface area contributed by atoms with Crippen LogP contribution in [0, 0.1) is 11.8 Å². The van der Waals surface area contributed by atoms with Crippen molar-refractivity contribution in [1.82, 2.24) is 55.0 Å². The maximum Gasteiger partial charge on any atom is 0.433 e. The van der Waals surface area contributed by atoms with Gasteiger partial charge in [0.05, 0.1) is 61.9 Å². The zero-order valence-electron chi connectivity index (χ0n) is 32.9. The number of nitrogens with zero attached hydrogens (tertiary/aromatic N) is 7. The number of ether oxygens (including phenoxy) is 2. The number of likely N-dealkylation sites (tertiary alicyclic amines) is 2. The zero-order valence-corrected chi connectivity index (χ0v) is 32.9. The molecule has 5 N–H and O–H groups in total. The van der Waals surface area contributed by atoms with Crippen molar-refractivity contribution in [1.29, 1.82) is 0 Å². The predicted octanol–water partition coefficient (Wildman–Crippen LogP) is 4.54. The number of methoxy groups -OCH3 is 2. The highest BCUT2D eigenvalue weighted by molar-refractivity contribution is 6.40. The third-order valence-electron chi connectivity index (χ3n) is 10.6. The fraction of sp³-hybridized carbons (Fsp3) is 0.310. The van der Waals surface area contributed by atoms with Crippen molar-refractivity contribution in [2.24, 2.45) is 4.99 Å². The predicted molar refractivity (Wildman–Crippen MR) is 217 cm³/mol. The number of carbonyl (C=O) groups excluding carboxylic acids is 4. The van der Waals surface area contributed by atoms with E-state index in [1.807, 2.05) is 42.5 Å². The van der Waals surface area contributed by atoms with Crippen LogP contribution in [0.4, 0.5) is 9.59 Å². The van der Waals surface area contributed by atoms with Gasteiger partial charge in [-0.15, -0.1) is 0 Å². The van der Waals surface area contributed by atoms with E-state index in [2.05, 4.69) is 57.0 Å². The molecule has 0 aliphatic carbocycles. The molecule has 2 aromatic carbocycles. The highest BCUT2D eigenvalue weighted by Gasteiger charge is 2.37. The van der Waals surface area contributed by atoms with Crippen molar-refractivity contribution in [2.75, 3.05) is 27.3 Å². The number of H-pyrrole nitrogens is 4. The Morgan fingerprint density at radius 1 is 0.850 bits per heavy atom. The summed E-state index contributed by atoms with van der Waals surface area (Å²) in [5, 5.41) is 2.68. The SMILES string of the molecule is COC(=O)N=C(Cc1cnc[nH]1)C(=O)N1CCCC1c1ncc(-c2ccc(C#Cc3ccc4nc(C5CCCN5C(=O)C(Cc5cnc[nH]5)NC(=O)OC)[nH]c4c3)cc2)[nH]1. The van der Waals surface area contributed by atoms with Crippen molar-refractivity contribution < 1.29 is 28.7 Å². The number of hydrogen-bond acceptors (Lipinski definition) is 10. The normalized spacial score (nSPS) is 17.0. The molecule has 4 amide bonds. The molecular weight excluding hydrogens is 769 g/mol. The number of alkyl carbamates (subject to hydrolysis) is 1. The standard InChI is InChI=1S/C42H42N12O6/c1-59-41(57)51-32(18-28-20-43-23-46-28)39(55)53-15-3-5-35(53)37-45-22-34(50-37)27-12-9-25(10-13-27)7-8-26-11-14-30-31(17-26)49-38(48-30)36-6-4-16-54(36)40(56)33(52-42(58)60-2)19-29-21-44-24-47-29/h9-14,17,20-24,33,35-36H,3-6,15-16,18-19H2,1-2H3,(H,43,46)(H,44,47)(H,45,50)(H,48,49)(H,52,58). The minimum Gasteiger partial charge on any atom is -0.453 e. The zero-order chi connectivity index (χ0) is 41.6. The number of aromatic amines is 4. The second-order valence-electron chi connectivity index (χ2n) is 14.5. The van der Waals surface area contributed by atoms with E-state index in [1.165, 1.54) is 26.9 Å². The van der Waals surface area contributed by atoms with E-state index in [-0.39, 0.29) is 42.5 Å². The summed E-state index contributed by atoms with van der Waals surface area (Å²) in [6, 6.07) is 12.1. The van der Waals surface area contributed by atoms with Gasteiger partial charge in [-0.25, -0.2) is 29.5 Å². The van der Waals surface area contributed by atoms with Crippen LogP contribution < -0.4 is 5.32 Å². The molecule has 306 valence electrons. The van der Waals surface area contributed by atoms with Gasteiger partial charge in [0, 0.05) is 60.8 Å². The van der Waals surface area contributed by atoms with Crippen molar-refractivity contribution in [2.45, 2.75) is 56.7 Å². The molecule has 0 spiro atoms. The smallest absolute Gasteiger partial charge is 0.433 e. The van der Waals surface area contributed by atoms with Gasteiger partial charge in [-0.1, -0.05) is 24.0 Å². The number of fused-ring (bicyclic) bond motifs is 1. The molecule has 6 heterocycles. The third kappa shape index (κ3) is 8.65. The third-order valence-corrected chi connectivity index (χ3v) is 10.6. The number of aromatic nitrogens is 8. The Labute approximate surface area is 343 Å². The van der Waals surface area contributed by atoms with E-state index < -0.39 is 18.2 Å². The lowest BCUT2D eigenvalue weighted by Gasteiger charge is -2.28. The quantitative estimate of drug-likeness (QED) is 0.0957. The van der Waals surface area contributed by atoms with Gasteiger partial charge in [-0.05, 0) is 61.6 Å². The summed E-state index contributed by atoms with van der Waals surface area (Å²) in [5.41, 5.74) is 6.29. The summed E-state index contributed by atoms with van der Waals surface area (Å²) in [4.78, 5) is 89.4. The van der Waals surface area contributed by atoms with Crippen LogP contribution >= 0.6 is 0 Å². The lowest BCUT2D eigenvalue weighted by Crippen LogP contribution is -2.49. The molecule has 0 bridgehead atoms. The van der Waals surface area contributed by atoms with E-state index in [1.54, 1.807) is 28.4 Å². The molecule has 6 aromatic rings. The van der Waals surface area contributed by atoms with Crippen molar-refractivity contribution in [3.05, 3.63) is 108 Å². The van der Waals surface area contributed by atoms with Gasteiger partial charge in [0.25, 0.3) is 5.91 Å². The van der Waals surface area contributed by atoms with Gasteiger partial charge in [-0.2, -0.15) is 4.99 Å². The van der Waals surface area contributed by atoms with Crippen LogP contribution in [-0.2, 0) is 31.9 Å². The van der Waals surface area contributed by atoms with E-state index in [4.69, 9.17) is 14.5 Å². The van der Waals surface area contributed by atoms with Crippen LogP contribution in [0.15, 0.2) is 78.7 Å². The van der Waals surface area contributed by atoms with E-state index in [0.29, 0.717) is 42.5 Å². The second-order valence-corrected chi connectivity index (χ2v) is 14.5. The number of imidazole rings is 4. The Balaban J connectivity index is 0.931. The number of aliphatic imine (C=N–C) groups is 1. The maximum absolute atomic E-state index is 13.8. The van der Waals surface area contributed by atoms with Gasteiger partial charge < -0.3 is 44.5 Å². The fourth-order valence-electron chi connectivity index (χ4n) is 7.67. The Morgan fingerprint density at radius 3 is 2.27 bits per heavy atom. The molecule has 2 aliphatic heterocycles. The molecule has 8 rings (SSSR count). The number of carbonyl (C=O) groups is 4. The first-order valence-electron chi connectivity index (χ1n) is 19.5. The van der Waals surface area contributed by atoms with Crippen molar-refractivity contribution in [3.8, 4) is 23.1 Å². The second kappa shape index (κ2) is 17.5. The largest absolute Gasteiger partial charge is 0.453 e. The summed E-state index contributed by atoms with van der Waals surface area (Å²) in [6.45, 7) is 1.03. The van der Waals surface area contributed by atoms with Crippen molar-refractivity contribution in [3.63, 3.8) is 0 Å². The minimum absolute atomic E-state index is 0.0586. The average Bonchev–Trinajstić information content (AvgIpc) is 4.12. The van der Waals surface area contributed by atoms with E-state index in [0.717, 1.165) is 52.7 Å². The summed E-state index contributed by atoms with van der Waals surface area (Å²) < 4.78 is 9.51. The molecule has 18 heteroatoms. The van der Waals surface area contributed by atoms with Crippen LogP contribution in [0.1, 0.15) is 71.9 Å². The first kappa shape index (κ1) is 39.3. The maximum atomic E-state index is 13.8. The topological polar surface area (TPSA) is 232 Å². The fourth-order valence-corrected chi connectivity index (χ4v) is 7.67. The molecule has 4 aromatic heterocycles. The molecule has 60 heavy (non-hydrogen) atoms. The van der Waals surface area contributed by atoms with Gasteiger partial charge in [0.1, 0.15) is 23.4 Å². The first-order valence-corrected chi connectivity index (χ1v) is 19.5. The Morgan fingerprint density at radius 2 is 1.55 bits per heavy atom. The van der Waals surface area contributed by atoms with Crippen LogP contribution in [0.25, 0.3) is 22.3 Å². The number of hydrogen-bond donors (Lipinski definition) is 5. The summed E-state index contributed by atoms with van der Waals surface area (Å²) >= 11 is 0. The molecule has 3 unspecified atom stereocenters. The van der Waals surface area contributed by atoms with Gasteiger partial charge in [-0.3, -0.25) is 9.59 Å². The first-order chi connectivity index (χ1) is 29.3. The molecule has 0 radical (unpaired) electrons. The van der Waals surface area contributed by atoms with Crippen LogP contribution in [0.5, 0.6) is 0 Å². The molecule has 0 saturated carbocycles. The number of nitrogens with one attached hydrogen (secondary N) is 5. The monoisotopic (exact) mass is 810 g/mol. The van der Waals surface area contributed by atoms with E-state index in [9.17, 15) is 19.2 Å². The molecule has 3 atom stereocenters. The van der Waals surface area contributed by atoms with Gasteiger partial charge in [0.15, 0.2) is 0 Å². The van der Waals surface area contributed by atoms with Crippen LogP contribution in [0.2, 0.25) is 0 Å². The minimum atomic E-state index is -0.845. The highest BCUT2D eigenvalue weighted by Crippen LogP contribution is 2.34. The molecule has 2 saturated heterocycles. The molecule has 18 nitrogen and oxygen atoms in total. The summed E-state index contributed by atoms with van der Waals surface area (Å²) in [6.07, 6.45) is 9.80. The molecule has 2 aliphatic rings. The highest BCUT2D eigenvalue weighted by atomic mass is 16.5. The van der Waals surface area contributed by atoms with Gasteiger partial charge >= 0.3 is 12.2 Å². The van der Waals surface area contributed by atoms with Crippen LogP contribution in [-0.4, -0.2) is 113 Å². The lowest BCUT2D eigenvalue weighted by atomic mass is 10.1. The molecule has 2 fully saturated rings. The summed E-state index contributed by atoms with van der Waals surface area (Å²) in [5.74, 6) is 7.22. The Hall–Kier alpha value is -7.55. The van der Waals surface area contributed by atoms with Gasteiger partial charge in [0.2, 0.25) is 5.91 Å². The number of amides is 4. The number of benzene rings is 2. The van der Waals surface area contributed by atoms with Crippen molar-refractivity contribution >= 4 is 40.7 Å². The summed E-state index contributed by atoms with van der Waals surface area (Å²) in [7, 11) is 2.48.